The van der Waals surface area contributed by atoms with Crippen LogP contribution in [0.15, 0.2) is 53.1 Å². The fraction of sp³-hybridized carbons (Fsp3) is 0.150. The van der Waals surface area contributed by atoms with E-state index in [-0.39, 0.29) is 22.7 Å². The molecule has 0 spiro atoms. The number of alkyl halides is 6. The van der Waals surface area contributed by atoms with Gasteiger partial charge in [0.1, 0.15) is 5.69 Å². The van der Waals surface area contributed by atoms with Crippen molar-refractivity contribution in [1.82, 2.24) is 4.98 Å². The van der Waals surface area contributed by atoms with E-state index in [4.69, 9.17) is 4.42 Å². The van der Waals surface area contributed by atoms with Crippen LogP contribution in [-0.4, -0.2) is 16.8 Å². The van der Waals surface area contributed by atoms with Crippen molar-refractivity contribution in [3.63, 3.8) is 0 Å². The van der Waals surface area contributed by atoms with Gasteiger partial charge < -0.3 is 15.1 Å². The number of carbonyl (C=O) groups excluding carboxylic acids is 2. The second-order valence-corrected chi connectivity index (χ2v) is 6.47. The maximum Gasteiger partial charge on any atom is 0.433 e. The average molecular weight is 457 g/mol. The highest BCUT2D eigenvalue weighted by Gasteiger charge is 2.35. The Kier molecular flexibility index (Phi) is 5.97. The Hall–Kier alpha value is -3.83. The number of pyridine rings is 1. The SMILES string of the molecule is Cc1nc(C(F)(F)F)ccc1C(=O)Nc1ccc(NC(=O)c2ccco2)cc1C(F)(F)F. The zero-order valence-electron chi connectivity index (χ0n) is 16.1. The summed E-state index contributed by atoms with van der Waals surface area (Å²) in [5.41, 5.74) is -4.03. The Bertz CT molecular complexity index is 1150. The van der Waals surface area contributed by atoms with Crippen LogP contribution in [0.25, 0.3) is 0 Å². The number of aromatic nitrogens is 1. The molecule has 0 atom stereocenters. The summed E-state index contributed by atoms with van der Waals surface area (Å²) in [6.07, 6.45) is -8.44. The summed E-state index contributed by atoms with van der Waals surface area (Å²) in [4.78, 5) is 27.7. The standard InChI is InChI=1S/C20H13F6N3O3/c1-10-12(5-7-16(27-10)20(24,25)26)17(30)29-14-6-4-11(9-13(14)19(21,22)23)28-18(31)15-3-2-8-32-15/h2-9H,1H3,(H,28,31)(H,29,30). The smallest absolute Gasteiger partial charge is 0.433 e. The largest absolute Gasteiger partial charge is 0.459 e. The predicted molar refractivity (Wildman–Crippen MR) is 100 cm³/mol. The van der Waals surface area contributed by atoms with E-state index in [2.05, 4.69) is 10.3 Å². The quantitative estimate of drug-likeness (QED) is 0.505. The number of aryl methyl sites for hydroxylation is 1. The molecule has 0 saturated carbocycles. The molecule has 168 valence electrons. The lowest BCUT2D eigenvalue weighted by atomic mass is 10.1. The zero-order valence-corrected chi connectivity index (χ0v) is 16.1. The zero-order chi connectivity index (χ0) is 23.7. The number of anilines is 2. The molecule has 2 heterocycles. The third-order valence-corrected chi connectivity index (χ3v) is 4.20. The van der Waals surface area contributed by atoms with E-state index in [1.54, 1.807) is 0 Å². The summed E-state index contributed by atoms with van der Waals surface area (Å²) >= 11 is 0. The minimum Gasteiger partial charge on any atom is -0.459 e. The van der Waals surface area contributed by atoms with Crippen LogP contribution in [0.1, 0.15) is 37.9 Å². The van der Waals surface area contributed by atoms with Gasteiger partial charge in [-0.05, 0) is 49.4 Å². The van der Waals surface area contributed by atoms with Crippen molar-refractivity contribution in [3.05, 3.63) is 77.0 Å². The topological polar surface area (TPSA) is 84.2 Å². The van der Waals surface area contributed by atoms with Gasteiger partial charge in [0, 0.05) is 5.69 Å². The van der Waals surface area contributed by atoms with E-state index in [9.17, 15) is 35.9 Å². The summed E-state index contributed by atoms with van der Waals surface area (Å²) in [5.74, 6) is -1.99. The molecule has 0 radical (unpaired) electrons. The Balaban J connectivity index is 1.87. The van der Waals surface area contributed by atoms with Crippen LogP contribution >= 0.6 is 0 Å². The number of rotatable bonds is 4. The molecule has 0 bridgehead atoms. The van der Waals surface area contributed by atoms with Crippen molar-refractivity contribution in [1.29, 1.82) is 0 Å². The van der Waals surface area contributed by atoms with E-state index in [0.717, 1.165) is 25.1 Å². The van der Waals surface area contributed by atoms with Crippen molar-refractivity contribution >= 4 is 23.2 Å². The minimum atomic E-state index is -4.92. The molecular weight excluding hydrogens is 444 g/mol. The predicted octanol–water partition coefficient (Wildman–Crippen LogP) is 5.53. The van der Waals surface area contributed by atoms with Crippen molar-refractivity contribution in [2.75, 3.05) is 10.6 Å². The van der Waals surface area contributed by atoms with E-state index in [1.807, 2.05) is 5.32 Å². The highest BCUT2D eigenvalue weighted by atomic mass is 19.4. The number of carbonyl (C=O) groups is 2. The number of halogens is 6. The van der Waals surface area contributed by atoms with Gasteiger partial charge in [0.05, 0.1) is 28.8 Å². The van der Waals surface area contributed by atoms with Gasteiger partial charge in [0.25, 0.3) is 11.8 Å². The van der Waals surface area contributed by atoms with Gasteiger partial charge in [-0.2, -0.15) is 26.3 Å². The van der Waals surface area contributed by atoms with Gasteiger partial charge in [0.2, 0.25) is 0 Å². The first-order valence-electron chi connectivity index (χ1n) is 8.78. The van der Waals surface area contributed by atoms with Gasteiger partial charge in [0.15, 0.2) is 5.76 Å². The molecule has 32 heavy (non-hydrogen) atoms. The molecule has 0 unspecified atom stereocenters. The molecule has 3 rings (SSSR count). The molecule has 0 aliphatic heterocycles. The van der Waals surface area contributed by atoms with Gasteiger partial charge in [-0.1, -0.05) is 0 Å². The van der Waals surface area contributed by atoms with Crippen molar-refractivity contribution in [2.24, 2.45) is 0 Å². The maximum atomic E-state index is 13.5. The lowest BCUT2D eigenvalue weighted by molar-refractivity contribution is -0.141. The summed E-state index contributed by atoms with van der Waals surface area (Å²) in [6.45, 7) is 1.13. The summed E-state index contributed by atoms with van der Waals surface area (Å²) < 4.78 is 83.6. The van der Waals surface area contributed by atoms with Crippen LogP contribution in [-0.2, 0) is 12.4 Å². The highest BCUT2D eigenvalue weighted by molar-refractivity contribution is 6.06. The number of nitrogens with one attached hydrogen (secondary N) is 2. The monoisotopic (exact) mass is 457 g/mol. The number of benzene rings is 1. The van der Waals surface area contributed by atoms with Gasteiger partial charge >= 0.3 is 12.4 Å². The van der Waals surface area contributed by atoms with Gasteiger partial charge in [-0.3, -0.25) is 9.59 Å². The van der Waals surface area contributed by atoms with Crippen molar-refractivity contribution in [3.8, 4) is 0 Å². The van der Waals surface area contributed by atoms with Gasteiger partial charge in [-0.25, -0.2) is 4.98 Å². The van der Waals surface area contributed by atoms with Gasteiger partial charge in [-0.15, -0.1) is 0 Å². The Morgan fingerprint density at radius 2 is 1.62 bits per heavy atom. The number of nitrogens with zero attached hydrogens (tertiary/aromatic N) is 1. The molecule has 2 aromatic heterocycles. The third kappa shape index (κ3) is 5.07. The minimum absolute atomic E-state index is 0.124. The molecule has 2 N–H and O–H groups in total. The third-order valence-electron chi connectivity index (χ3n) is 4.20. The first kappa shape index (κ1) is 22.8. The van der Waals surface area contributed by atoms with Crippen molar-refractivity contribution in [2.45, 2.75) is 19.3 Å². The van der Waals surface area contributed by atoms with E-state index < -0.39 is 41.1 Å². The van der Waals surface area contributed by atoms with Crippen molar-refractivity contribution < 1.29 is 40.3 Å². The normalized spacial score (nSPS) is 11.8. The molecule has 0 fully saturated rings. The van der Waals surface area contributed by atoms with Crippen LogP contribution < -0.4 is 10.6 Å². The average Bonchev–Trinajstić information content (AvgIpc) is 3.22. The molecule has 0 saturated heterocycles. The molecular formula is C20H13F6N3O3. The first-order valence-corrected chi connectivity index (χ1v) is 8.78. The lowest BCUT2D eigenvalue weighted by Gasteiger charge is -2.16. The van der Waals surface area contributed by atoms with Crippen LogP contribution in [0.3, 0.4) is 0 Å². The van der Waals surface area contributed by atoms with E-state index in [0.29, 0.717) is 12.1 Å². The summed E-state index contributed by atoms with van der Waals surface area (Å²) in [6, 6.07) is 6.75. The molecule has 12 heteroatoms. The number of furan rings is 1. The highest BCUT2D eigenvalue weighted by Crippen LogP contribution is 2.37. The van der Waals surface area contributed by atoms with Crippen LogP contribution in [0.4, 0.5) is 37.7 Å². The number of hydrogen-bond acceptors (Lipinski definition) is 4. The van der Waals surface area contributed by atoms with E-state index in [1.165, 1.54) is 18.4 Å². The number of hydrogen-bond donors (Lipinski definition) is 2. The fourth-order valence-electron chi connectivity index (χ4n) is 2.71. The second kappa shape index (κ2) is 8.36. The second-order valence-electron chi connectivity index (χ2n) is 6.47. The lowest BCUT2D eigenvalue weighted by Crippen LogP contribution is -2.19. The molecule has 0 aliphatic rings. The summed E-state index contributed by atoms with van der Waals surface area (Å²) in [5, 5.41) is 4.27. The van der Waals surface area contributed by atoms with Crippen LogP contribution in [0.2, 0.25) is 0 Å². The maximum absolute atomic E-state index is 13.5. The first-order chi connectivity index (χ1) is 14.9. The summed E-state index contributed by atoms with van der Waals surface area (Å²) in [7, 11) is 0. The van der Waals surface area contributed by atoms with Crippen LogP contribution in [0.5, 0.6) is 0 Å². The fourth-order valence-corrected chi connectivity index (χ4v) is 2.71. The molecule has 2 amide bonds. The molecule has 0 aliphatic carbocycles. The Morgan fingerprint density at radius 1 is 0.906 bits per heavy atom. The Morgan fingerprint density at radius 3 is 2.19 bits per heavy atom. The molecule has 6 nitrogen and oxygen atoms in total. The van der Waals surface area contributed by atoms with E-state index >= 15 is 0 Å². The van der Waals surface area contributed by atoms with Crippen LogP contribution in [0, 0.1) is 6.92 Å². The molecule has 1 aromatic carbocycles. The molecule has 3 aromatic rings. The number of amides is 2. The Labute approximate surface area is 176 Å².